The Kier molecular flexibility index (Phi) is 7.06. The largest absolute Gasteiger partial charge is 0.478 e. The van der Waals surface area contributed by atoms with E-state index >= 15 is 0 Å². The highest BCUT2D eigenvalue weighted by atomic mass is 35.5. The fourth-order valence-corrected chi connectivity index (χ4v) is 3.47. The highest BCUT2D eigenvalue weighted by Gasteiger charge is 2.31. The molecule has 1 aliphatic rings. The fraction of sp³-hybridized carbons (Fsp3) is 0.316. The van der Waals surface area contributed by atoms with Crippen molar-refractivity contribution in [2.75, 3.05) is 4.72 Å². The van der Waals surface area contributed by atoms with Gasteiger partial charge in [-0.2, -0.15) is 13.2 Å². The molecule has 2 aromatic rings. The van der Waals surface area contributed by atoms with Crippen LogP contribution in [-0.2, 0) is 6.18 Å². The molecule has 0 heterocycles. The van der Waals surface area contributed by atoms with Gasteiger partial charge in [-0.25, -0.2) is 4.79 Å². The van der Waals surface area contributed by atoms with Crippen molar-refractivity contribution in [3.05, 3.63) is 58.1 Å². The van der Waals surface area contributed by atoms with Crippen LogP contribution >= 0.6 is 23.5 Å². The summed E-state index contributed by atoms with van der Waals surface area (Å²) in [5, 5.41) is 9.25. The Morgan fingerprint density at radius 1 is 1.19 bits per heavy atom. The average molecular weight is 418 g/mol. The summed E-state index contributed by atoms with van der Waals surface area (Å²) in [6.45, 7) is 4.00. The van der Waals surface area contributed by atoms with E-state index in [2.05, 4.69) is 4.72 Å². The molecular formula is C19H19ClF3NO2S. The van der Waals surface area contributed by atoms with E-state index < -0.39 is 17.7 Å². The van der Waals surface area contributed by atoms with E-state index in [1.807, 2.05) is 13.8 Å². The van der Waals surface area contributed by atoms with Crippen LogP contribution in [0.5, 0.6) is 0 Å². The molecule has 2 N–H and O–H groups in total. The molecule has 3 nitrogen and oxygen atoms in total. The monoisotopic (exact) mass is 417 g/mol. The maximum absolute atomic E-state index is 12.9. The number of alkyl halides is 3. The number of hydrogen-bond acceptors (Lipinski definition) is 3. The van der Waals surface area contributed by atoms with E-state index in [0.29, 0.717) is 11.6 Å². The van der Waals surface area contributed by atoms with Crippen molar-refractivity contribution in [2.24, 2.45) is 0 Å². The second-order valence-electron chi connectivity index (χ2n) is 5.76. The van der Waals surface area contributed by atoms with Crippen LogP contribution in [0.1, 0.15) is 54.1 Å². The van der Waals surface area contributed by atoms with Crippen molar-refractivity contribution in [2.45, 2.75) is 43.7 Å². The van der Waals surface area contributed by atoms with Crippen molar-refractivity contribution >= 4 is 35.2 Å². The lowest BCUT2D eigenvalue weighted by Crippen LogP contribution is -2.05. The van der Waals surface area contributed by atoms with Crippen LogP contribution in [0.2, 0.25) is 5.02 Å². The molecule has 1 fully saturated rings. The Hall–Kier alpha value is -1.86. The van der Waals surface area contributed by atoms with Gasteiger partial charge in [0.2, 0.25) is 0 Å². The third kappa shape index (κ3) is 5.81. The van der Waals surface area contributed by atoms with Gasteiger partial charge >= 0.3 is 12.1 Å². The normalized spacial score (nSPS) is 13.6. The molecule has 0 radical (unpaired) electrons. The Bertz CT molecular complexity index is 823. The number of halogens is 4. The molecule has 8 heteroatoms. The van der Waals surface area contributed by atoms with Crippen LogP contribution in [0.15, 0.2) is 41.3 Å². The SMILES string of the molecule is CC.O=C(O)c1ccc(C2CC2)cc1NSc1cc(Cl)cc(C(F)(F)F)c1. The summed E-state index contributed by atoms with van der Waals surface area (Å²) >= 11 is 6.65. The molecule has 2 aromatic carbocycles. The van der Waals surface area contributed by atoms with E-state index in [4.69, 9.17) is 11.6 Å². The Balaban J connectivity index is 0.00000126. The number of carboxylic acid groups (broad SMARTS) is 1. The van der Waals surface area contributed by atoms with Crippen LogP contribution in [-0.4, -0.2) is 11.1 Å². The van der Waals surface area contributed by atoms with Gasteiger partial charge in [0.1, 0.15) is 0 Å². The molecule has 0 aromatic heterocycles. The molecule has 1 aliphatic carbocycles. The average Bonchev–Trinajstić information content (AvgIpc) is 3.45. The number of nitrogens with one attached hydrogen (secondary N) is 1. The first kappa shape index (κ1) is 21.4. The molecule has 0 spiro atoms. The fourth-order valence-electron chi connectivity index (χ4n) is 2.40. The topological polar surface area (TPSA) is 49.3 Å². The van der Waals surface area contributed by atoms with Gasteiger partial charge in [-0.15, -0.1) is 0 Å². The summed E-state index contributed by atoms with van der Waals surface area (Å²) < 4.78 is 41.4. The highest BCUT2D eigenvalue weighted by Crippen LogP contribution is 2.42. The Morgan fingerprint density at radius 2 is 1.85 bits per heavy atom. The molecule has 0 saturated heterocycles. The van der Waals surface area contributed by atoms with Gasteiger partial charge in [-0.1, -0.05) is 31.5 Å². The minimum Gasteiger partial charge on any atom is -0.478 e. The number of carbonyl (C=O) groups is 1. The second kappa shape index (κ2) is 8.89. The maximum Gasteiger partial charge on any atom is 0.416 e. The van der Waals surface area contributed by atoms with Crippen LogP contribution in [0.25, 0.3) is 0 Å². The lowest BCUT2D eigenvalue weighted by atomic mass is 10.1. The zero-order valence-corrected chi connectivity index (χ0v) is 16.3. The first-order valence-electron chi connectivity index (χ1n) is 8.42. The zero-order chi connectivity index (χ0) is 20.2. The number of anilines is 1. The number of carboxylic acids is 1. The van der Waals surface area contributed by atoms with Crippen molar-refractivity contribution < 1.29 is 23.1 Å². The van der Waals surface area contributed by atoms with Crippen LogP contribution < -0.4 is 4.72 Å². The summed E-state index contributed by atoms with van der Waals surface area (Å²) in [6.07, 6.45) is -2.39. The molecule has 0 unspecified atom stereocenters. The third-order valence-corrected chi connectivity index (χ3v) is 4.81. The van der Waals surface area contributed by atoms with Gasteiger partial charge in [0, 0.05) is 9.92 Å². The maximum atomic E-state index is 12.9. The minimum absolute atomic E-state index is 0.0377. The highest BCUT2D eigenvalue weighted by molar-refractivity contribution is 8.00. The summed E-state index contributed by atoms with van der Waals surface area (Å²) in [6, 6.07) is 8.23. The summed E-state index contributed by atoms with van der Waals surface area (Å²) in [7, 11) is 0. The standard InChI is InChI=1S/C17H13ClF3NO2S.C2H6/c18-12-6-11(17(19,20)21)7-13(8-12)25-22-15-5-10(9-1-2-9)3-4-14(15)16(23)24;1-2/h3-9,22H,1-2H2,(H,23,24);1-2H3. The molecule has 0 aliphatic heterocycles. The molecule has 3 rings (SSSR count). The summed E-state index contributed by atoms with van der Waals surface area (Å²) in [5.41, 5.74) is 0.593. The van der Waals surface area contributed by atoms with Crippen molar-refractivity contribution in [3.8, 4) is 0 Å². The van der Waals surface area contributed by atoms with Gasteiger partial charge in [-0.3, -0.25) is 0 Å². The lowest BCUT2D eigenvalue weighted by Gasteiger charge is -2.13. The van der Waals surface area contributed by atoms with Crippen LogP contribution in [0.3, 0.4) is 0 Å². The Morgan fingerprint density at radius 3 is 2.41 bits per heavy atom. The van der Waals surface area contributed by atoms with Crippen molar-refractivity contribution in [3.63, 3.8) is 0 Å². The van der Waals surface area contributed by atoms with E-state index in [9.17, 15) is 23.1 Å². The molecular weight excluding hydrogens is 399 g/mol. The molecule has 0 amide bonds. The van der Waals surface area contributed by atoms with E-state index in [1.165, 1.54) is 12.1 Å². The van der Waals surface area contributed by atoms with Gasteiger partial charge in [-0.05, 0) is 66.6 Å². The van der Waals surface area contributed by atoms with Crippen molar-refractivity contribution in [1.82, 2.24) is 0 Å². The molecule has 0 bridgehead atoms. The quantitative estimate of drug-likeness (QED) is 0.510. The van der Waals surface area contributed by atoms with E-state index in [-0.39, 0.29) is 15.5 Å². The second-order valence-corrected chi connectivity index (χ2v) is 7.08. The number of rotatable bonds is 5. The van der Waals surface area contributed by atoms with Gasteiger partial charge < -0.3 is 9.83 Å². The lowest BCUT2D eigenvalue weighted by molar-refractivity contribution is -0.137. The number of hydrogen-bond donors (Lipinski definition) is 2. The molecule has 27 heavy (non-hydrogen) atoms. The van der Waals surface area contributed by atoms with Crippen molar-refractivity contribution in [1.29, 1.82) is 0 Å². The molecule has 146 valence electrons. The van der Waals surface area contributed by atoms with Crippen LogP contribution in [0, 0.1) is 0 Å². The molecule has 0 atom stereocenters. The number of aromatic carboxylic acids is 1. The zero-order valence-electron chi connectivity index (χ0n) is 14.7. The van der Waals surface area contributed by atoms with Gasteiger partial charge in [0.25, 0.3) is 0 Å². The van der Waals surface area contributed by atoms with Crippen LogP contribution in [0.4, 0.5) is 18.9 Å². The number of benzene rings is 2. The predicted molar refractivity (Wildman–Crippen MR) is 103 cm³/mol. The minimum atomic E-state index is -4.50. The summed E-state index contributed by atoms with van der Waals surface area (Å²) in [4.78, 5) is 11.6. The van der Waals surface area contributed by atoms with E-state index in [0.717, 1.165) is 42.5 Å². The third-order valence-electron chi connectivity index (χ3n) is 3.80. The van der Waals surface area contributed by atoms with Gasteiger partial charge in [0.05, 0.1) is 16.8 Å². The Labute approximate surface area is 165 Å². The van der Waals surface area contributed by atoms with E-state index in [1.54, 1.807) is 12.1 Å². The molecule has 1 saturated carbocycles. The predicted octanol–water partition coefficient (Wildman–Crippen LogP) is 7.08. The first-order valence-corrected chi connectivity index (χ1v) is 9.61. The van der Waals surface area contributed by atoms with Gasteiger partial charge in [0.15, 0.2) is 0 Å². The summed E-state index contributed by atoms with van der Waals surface area (Å²) in [5.74, 6) is -0.677. The smallest absolute Gasteiger partial charge is 0.416 e. The first-order chi connectivity index (χ1) is 12.7.